The summed E-state index contributed by atoms with van der Waals surface area (Å²) in [5.41, 5.74) is 7.83. The van der Waals surface area contributed by atoms with E-state index >= 15 is 0 Å². The first-order valence-electron chi connectivity index (χ1n) is 7.28. The lowest BCUT2D eigenvalue weighted by atomic mass is 10.1. The third-order valence-corrected chi connectivity index (χ3v) is 4.36. The van der Waals surface area contributed by atoms with E-state index in [0.717, 1.165) is 29.5 Å². The molecule has 1 amide bonds. The van der Waals surface area contributed by atoms with E-state index in [-0.39, 0.29) is 5.91 Å². The molecule has 1 aromatic heterocycles. The molecule has 0 saturated carbocycles. The van der Waals surface area contributed by atoms with Gasteiger partial charge in [0.05, 0.1) is 5.69 Å². The number of thiophene rings is 1. The van der Waals surface area contributed by atoms with E-state index in [2.05, 4.69) is 18.3 Å². The summed E-state index contributed by atoms with van der Waals surface area (Å²) in [6.45, 7) is 6.17. The van der Waals surface area contributed by atoms with Crippen LogP contribution in [0, 0.1) is 6.92 Å². The number of amides is 1. The summed E-state index contributed by atoms with van der Waals surface area (Å²) in [5.74, 6) is -0.0955. The number of hydrogen-bond acceptors (Lipinski definition) is 4. The lowest BCUT2D eigenvalue weighted by Gasteiger charge is -2.05. The van der Waals surface area contributed by atoms with Gasteiger partial charge < -0.3 is 15.8 Å². The number of nitrogens with two attached hydrogens (primary N) is 1. The molecule has 0 spiro atoms. The van der Waals surface area contributed by atoms with Crippen molar-refractivity contribution < 1.29 is 9.53 Å². The molecule has 1 heterocycles. The average Bonchev–Trinajstić information content (AvgIpc) is 2.79. The van der Waals surface area contributed by atoms with E-state index < -0.39 is 0 Å². The van der Waals surface area contributed by atoms with Crippen LogP contribution >= 0.6 is 11.3 Å². The average molecular weight is 306 g/mol. The van der Waals surface area contributed by atoms with Gasteiger partial charge in [0, 0.05) is 29.8 Å². The molecule has 3 N–H and O–H groups in total. The summed E-state index contributed by atoms with van der Waals surface area (Å²) in [7, 11) is 0. The minimum absolute atomic E-state index is 0.0955. The maximum absolute atomic E-state index is 12.2. The number of ether oxygens (including phenoxy) is 1. The number of carbonyl (C=O) groups is 1. The van der Waals surface area contributed by atoms with Crippen LogP contribution in [0.2, 0.25) is 0 Å². The quantitative estimate of drug-likeness (QED) is 0.771. The fourth-order valence-electron chi connectivity index (χ4n) is 2.10. The Morgan fingerprint density at radius 1 is 1.38 bits per heavy atom. The highest BCUT2D eigenvalue weighted by Crippen LogP contribution is 2.34. The fraction of sp³-hybridized carbons (Fsp3) is 0.438. The van der Waals surface area contributed by atoms with Gasteiger partial charge in [0.15, 0.2) is 0 Å². The molecular formula is C16H22N2O2S. The van der Waals surface area contributed by atoms with Crippen LogP contribution in [0.25, 0.3) is 10.1 Å². The molecule has 21 heavy (non-hydrogen) atoms. The molecule has 0 atom stereocenters. The number of anilines is 1. The summed E-state index contributed by atoms with van der Waals surface area (Å²) in [6, 6.07) is 6.05. The van der Waals surface area contributed by atoms with E-state index in [1.165, 1.54) is 16.9 Å². The first-order chi connectivity index (χ1) is 10.1. The Bertz CT molecular complexity index is 622. The van der Waals surface area contributed by atoms with Crippen LogP contribution < -0.4 is 11.1 Å². The molecule has 0 fully saturated rings. The smallest absolute Gasteiger partial charge is 0.263 e. The van der Waals surface area contributed by atoms with Gasteiger partial charge in [0.25, 0.3) is 5.91 Å². The number of carbonyl (C=O) groups excluding carboxylic acids is 1. The Morgan fingerprint density at radius 2 is 2.19 bits per heavy atom. The van der Waals surface area contributed by atoms with Gasteiger partial charge in [-0.3, -0.25) is 4.79 Å². The van der Waals surface area contributed by atoms with Crippen LogP contribution in [0.5, 0.6) is 0 Å². The summed E-state index contributed by atoms with van der Waals surface area (Å²) < 4.78 is 6.44. The predicted octanol–water partition coefficient (Wildman–Crippen LogP) is 3.34. The minimum atomic E-state index is -0.0955. The highest BCUT2D eigenvalue weighted by Gasteiger charge is 2.15. The number of hydrogen-bond donors (Lipinski definition) is 2. The van der Waals surface area contributed by atoms with E-state index in [0.29, 0.717) is 23.7 Å². The summed E-state index contributed by atoms with van der Waals surface area (Å²) in [5, 5.41) is 3.86. The molecule has 5 heteroatoms. The molecular weight excluding hydrogens is 284 g/mol. The Hall–Kier alpha value is -1.59. The Morgan fingerprint density at radius 3 is 2.95 bits per heavy atom. The molecule has 0 unspecified atom stereocenters. The highest BCUT2D eigenvalue weighted by atomic mass is 32.1. The molecule has 0 aliphatic carbocycles. The molecule has 0 saturated heterocycles. The van der Waals surface area contributed by atoms with Crippen LogP contribution in [0.4, 0.5) is 5.69 Å². The largest absolute Gasteiger partial charge is 0.397 e. The highest BCUT2D eigenvalue weighted by molar-refractivity contribution is 7.21. The van der Waals surface area contributed by atoms with Gasteiger partial charge in [-0.05, 0) is 31.4 Å². The minimum Gasteiger partial charge on any atom is -0.397 e. The van der Waals surface area contributed by atoms with Crippen molar-refractivity contribution >= 4 is 33.0 Å². The molecule has 114 valence electrons. The Kier molecular flexibility index (Phi) is 5.59. The maximum atomic E-state index is 12.2. The summed E-state index contributed by atoms with van der Waals surface area (Å²) in [6.07, 6.45) is 1.83. The third kappa shape index (κ3) is 3.95. The van der Waals surface area contributed by atoms with Crippen molar-refractivity contribution in [1.29, 1.82) is 0 Å². The van der Waals surface area contributed by atoms with E-state index in [1.807, 2.05) is 19.1 Å². The summed E-state index contributed by atoms with van der Waals surface area (Å²) >= 11 is 1.45. The number of fused-ring (bicyclic) bond motifs is 1. The molecule has 0 radical (unpaired) electrons. The second-order valence-electron chi connectivity index (χ2n) is 5.07. The fourth-order valence-corrected chi connectivity index (χ4v) is 3.23. The van der Waals surface area contributed by atoms with Crippen LogP contribution in [-0.2, 0) is 4.74 Å². The van der Waals surface area contributed by atoms with Crippen LogP contribution in [0.1, 0.15) is 35.0 Å². The number of nitrogen functional groups attached to an aromatic ring is 1. The third-order valence-electron chi connectivity index (χ3n) is 3.19. The molecule has 1 aromatic carbocycles. The van der Waals surface area contributed by atoms with Crippen molar-refractivity contribution in [3.8, 4) is 0 Å². The van der Waals surface area contributed by atoms with Crippen molar-refractivity contribution in [3.05, 3.63) is 28.6 Å². The van der Waals surface area contributed by atoms with E-state index in [4.69, 9.17) is 10.5 Å². The number of nitrogens with one attached hydrogen (secondary N) is 1. The van der Waals surface area contributed by atoms with Crippen molar-refractivity contribution in [2.75, 3.05) is 25.5 Å². The van der Waals surface area contributed by atoms with Crippen molar-refractivity contribution in [1.82, 2.24) is 5.32 Å². The number of rotatable bonds is 7. The Balaban J connectivity index is 1.95. The van der Waals surface area contributed by atoms with Gasteiger partial charge >= 0.3 is 0 Å². The van der Waals surface area contributed by atoms with Crippen molar-refractivity contribution in [3.63, 3.8) is 0 Å². The standard InChI is InChI=1S/C16H22N2O2S/c1-3-8-20-9-4-7-18-16(19)15-14(17)12-6-5-11(2)10-13(12)21-15/h5-6,10H,3-4,7-9,17H2,1-2H3,(H,18,19). The summed E-state index contributed by atoms with van der Waals surface area (Å²) in [4.78, 5) is 12.8. The second kappa shape index (κ2) is 7.43. The van der Waals surface area contributed by atoms with Gasteiger partial charge in [-0.2, -0.15) is 0 Å². The monoisotopic (exact) mass is 306 g/mol. The van der Waals surface area contributed by atoms with E-state index in [1.54, 1.807) is 0 Å². The maximum Gasteiger partial charge on any atom is 0.263 e. The van der Waals surface area contributed by atoms with Crippen LogP contribution in [0.3, 0.4) is 0 Å². The first-order valence-corrected chi connectivity index (χ1v) is 8.09. The first kappa shape index (κ1) is 15.8. The lowest BCUT2D eigenvalue weighted by molar-refractivity contribution is 0.0946. The van der Waals surface area contributed by atoms with Crippen molar-refractivity contribution in [2.45, 2.75) is 26.7 Å². The molecule has 4 nitrogen and oxygen atoms in total. The van der Waals surface area contributed by atoms with Crippen LogP contribution in [-0.4, -0.2) is 25.7 Å². The molecule has 0 bridgehead atoms. The van der Waals surface area contributed by atoms with Gasteiger partial charge in [-0.25, -0.2) is 0 Å². The van der Waals surface area contributed by atoms with Gasteiger partial charge in [0.1, 0.15) is 4.88 Å². The number of benzene rings is 1. The zero-order valence-electron chi connectivity index (χ0n) is 12.6. The van der Waals surface area contributed by atoms with E-state index in [9.17, 15) is 4.79 Å². The van der Waals surface area contributed by atoms with Gasteiger partial charge in [0.2, 0.25) is 0 Å². The zero-order chi connectivity index (χ0) is 15.2. The topological polar surface area (TPSA) is 64.3 Å². The Labute approximate surface area is 129 Å². The normalized spacial score (nSPS) is 11.0. The zero-order valence-corrected chi connectivity index (χ0v) is 13.4. The van der Waals surface area contributed by atoms with Gasteiger partial charge in [-0.1, -0.05) is 19.1 Å². The molecule has 0 aliphatic heterocycles. The SMILES string of the molecule is CCCOCCCNC(=O)c1sc2cc(C)ccc2c1N. The van der Waals surface area contributed by atoms with Gasteiger partial charge in [-0.15, -0.1) is 11.3 Å². The molecule has 2 rings (SSSR count). The number of aryl methyl sites for hydroxylation is 1. The van der Waals surface area contributed by atoms with Crippen LogP contribution in [0.15, 0.2) is 18.2 Å². The molecule has 2 aromatic rings. The molecule has 0 aliphatic rings. The second-order valence-corrected chi connectivity index (χ2v) is 6.12. The van der Waals surface area contributed by atoms with Crippen molar-refractivity contribution in [2.24, 2.45) is 0 Å². The lowest BCUT2D eigenvalue weighted by Crippen LogP contribution is -2.25. The predicted molar refractivity (Wildman–Crippen MR) is 89.0 cm³/mol.